The predicted octanol–water partition coefficient (Wildman–Crippen LogP) is 3.75. The van der Waals surface area contributed by atoms with Gasteiger partial charge in [0.05, 0.1) is 16.0 Å². The minimum Gasteiger partial charge on any atom is -0.342 e. The molecule has 3 aliphatic rings. The number of aromatic nitrogens is 2. The lowest BCUT2D eigenvalue weighted by Crippen LogP contribution is -2.51. The smallest absolute Gasteiger partial charge is 0.230 e. The summed E-state index contributed by atoms with van der Waals surface area (Å²) in [4.78, 5) is 20.6. The van der Waals surface area contributed by atoms with E-state index in [1.165, 1.54) is 35.4 Å². The average Bonchev–Trinajstić information content (AvgIpc) is 3.36. The highest BCUT2D eigenvalue weighted by molar-refractivity contribution is 7.15. The van der Waals surface area contributed by atoms with Gasteiger partial charge in [-0.15, -0.1) is 11.3 Å². The van der Waals surface area contributed by atoms with E-state index in [0.717, 1.165) is 57.2 Å². The van der Waals surface area contributed by atoms with Crippen LogP contribution in [-0.4, -0.2) is 52.1 Å². The van der Waals surface area contributed by atoms with Gasteiger partial charge in [0.1, 0.15) is 0 Å². The summed E-state index contributed by atoms with van der Waals surface area (Å²) in [6, 6.07) is 6.40. The number of hydrogen-bond donors (Lipinski definition) is 1. The third-order valence-corrected chi connectivity index (χ3v) is 7.87. The molecule has 144 valence electrons. The molecule has 6 heteroatoms. The number of piperidine rings is 1. The maximum Gasteiger partial charge on any atom is 0.230 e. The van der Waals surface area contributed by atoms with Crippen LogP contribution in [0.5, 0.6) is 0 Å². The van der Waals surface area contributed by atoms with Crippen LogP contribution in [0, 0.1) is 11.3 Å². The molecule has 5 nitrogen and oxygen atoms in total. The fourth-order valence-electron chi connectivity index (χ4n) is 5.01. The van der Waals surface area contributed by atoms with Gasteiger partial charge in [0.25, 0.3) is 0 Å². The molecule has 2 aromatic heterocycles. The topological polar surface area (TPSA) is 52.2 Å². The van der Waals surface area contributed by atoms with Crippen molar-refractivity contribution in [3.8, 4) is 10.6 Å². The van der Waals surface area contributed by atoms with Crippen LogP contribution in [0.15, 0.2) is 24.4 Å². The Bertz CT molecular complexity index is 797. The van der Waals surface area contributed by atoms with Gasteiger partial charge < -0.3 is 4.90 Å². The summed E-state index contributed by atoms with van der Waals surface area (Å²) in [5.74, 6) is 1.22. The molecule has 3 fully saturated rings. The molecule has 0 radical (unpaired) electrons. The van der Waals surface area contributed by atoms with E-state index in [2.05, 4.69) is 32.1 Å². The van der Waals surface area contributed by atoms with Crippen LogP contribution < -0.4 is 0 Å². The predicted molar refractivity (Wildman–Crippen MR) is 107 cm³/mol. The summed E-state index contributed by atoms with van der Waals surface area (Å²) in [7, 11) is 0. The molecule has 2 aliphatic heterocycles. The Morgan fingerprint density at radius 3 is 2.89 bits per heavy atom. The Kier molecular flexibility index (Phi) is 4.56. The highest BCUT2D eigenvalue weighted by atomic mass is 32.1. The third-order valence-electron chi connectivity index (χ3n) is 6.77. The number of aromatic amines is 1. The zero-order valence-corrected chi connectivity index (χ0v) is 16.6. The zero-order valence-electron chi connectivity index (χ0n) is 15.8. The van der Waals surface area contributed by atoms with Crippen molar-refractivity contribution < 1.29 is 4.79 Å². The lowest BCUT2D eigenvalue weighted by Gasteiger charge is -2.42. The van der Waals surface area contributed by atoms with E-state index in [1.807, 2.05) is 17.4 Å². The first-order chi connectivity index (χ1) is 13.2. The number of hydrogen-bond acceptors (Lipinski definition) is 4. The second-order valence-electron chi connectivity index (χ2n) is 8.63. The van der Waals surface area contributed by atoms with Gasteiger partial charge in [0.2, 0.25) is 5.91 Å². The molecule has 1 spiro atoms. The van der Waals surface area contributed by atoms with Gasteiger partial charge in [-0.05, 0) is 62.8 Å². The second-order valence-corrected chi connectivity index (χ2v) is 9.80. The first kappa shape index (κ1) is 17.4. The molecular weight excluding hydrogens is 356 g/mol. The summed E-state index contributed by atoms with van der Waals surface area (Å²) in [6.45, 7) is 4.93. The number of thiophene rings is 1. The second kappa shape index (κ2) is 7.06. The third kappa shape index (κ3) is 3.34. The van der Waals surface area contributed by atoms with Gasteiger partial charge in [-0.1, -0.05) is 6.42 Å². The van der Waals surface area contributed by atoms with Crippen molar-refractivity contribution in [1.82, 2.24) is 20.0 Å². The number of carbonyl (C=O) groups is 1. The lowest BCUT2D eigenvalue weighted by atomic mass is 9.77. The van der Waals surface area contributed by atoms with E-state index in [9.17, 15) is 4.79 Å². The Balaban J connectivity index is 1.23. The maximum absolute atomic E-state index is 13.3. The first-order valence-corrected chi connectivity index (χ1v) is 11.1. The number of nitrogens with zero attached hydrogens (tertiary/aromatic N) is 3. The maximum atomic E-state index is 13.3. The number of carbonyl (C=O) groups excluding carboxylic acids is 1. The van der Waals surface area contributed by atoms with Crippen LogP contribution in [0.2, 0.25) is 0 Å². The Hall–Kier alpha value is -1.66. The van der Waals surface area contributed by atoms with E-state index in [1.54, 1.807) is 6.20 Å². The van der Waals surface area contributed by atoms with Crippen molar-refractivity contribution in [3.63, 3.8) is 0 Å². The summed E-state index contributed by atoms with van der Waals surface area (Å²) >= 11 is 1.82. The van der Waals surface area contributed by atoms with Crippen LogP contribution in [0.25, 0.3) is 10.6 Å². The average molecular weight is 385 g/mol. The number of likely N-dealkylation sites (tertiary alicyclic amines) is 2. The quantitative estimate of drug-likeness (QED) is 0.854. The number of amides is 1. The highest BCUT2D eigenvalue weighted by Gasteiger charge is 2.48. The molecule has 5 rings (SSSR count). The summed E-state index contributed by atoms with van der Waals surface area (Å²) in [6.07, 6.45) is 9.07. The van der Waals surface area contributed by atoms with E-state index >= 15 is 0 Å². The normalized spacial score (nSPS) is 26.8. The molecule has 1 N–H and O–H groups in total. The van der Waals surface area contributed by atoms with Crippen molar-refractivity contribution in [2.24, 2.45) is 11.3 Å². The van der Waals surface area contributed by atoms with E-state index in [-0.39, 0.29) is 5.41 Å². The van der Waals surface area contributed by atoms with Gasteiger partial charge in [-0.25, -0.2) is 0 Å². The van der Waals surface area contributed by atoms with Crippen LogP contribution >= 0.6 is 11.3 Å². The first-order valence-electron chi connectivity index (χ1n) is 10.3. The molecule has 2 saturated heterocycles. The van der Waals surface area contributed by atoms with E-state index in [4.69, 9.17) is 0 Å². The lowest BCUT2D eigenvalue weighted by molar-refractivity contribution is -0.146. The Morgan fingerprint density at radius 2 is 2.11 bits per heavy atom. The molecule has 0 aromatic carbocycles. The molecule has 2 aromatic rings. The van der Waals surface area contributed by atoms with Gasteiger partial charge in [-0.2, -0.15) is 5.10 Å². The summed E-state index contributed by atoms with van der Waals surface area (Å²) in [5, 5.41) is 7.08. The molecule has 27 heavy (non-hydrogen) atoms. The van der Waals surface area contributed by atoms with Crippen molar-refractivity contribution in [2.45, 2.75) is 45.1 Å². The van der Waals surface area contributed by atoms with Gasteiger partial charge in [0.15, 0.2) is 0 Å². The van der Waals surface area contributed by atoms with Crippen LogP contribution in [-0.2, 0) is 11.3 Å². The number of rotatable bonds is 5. The molecule has 1 saturated carbocycles. The van der Waals surface area contributed by atoms with Crippen molar-refractivity contribution in [2.75, 3.05) is 26.2 Å². The van der Waals surface area contributed by atoms with Crippen molar-refractivity contribution in [3.05, 3.63) is 29.3 Å². The highest BCUT2D eigenvalue weighted by Crippen LogP contribution is 2.42. The molecule has 1 aliphatic carbocycles. The monoisotopic (exact) mass is 384 g/mol. The minimum atomic E-state index is -0.106. The van der Waals surface area contributed by atoms with Crippen LogP contribution in [0.1, 0.15) is 43.4 Å². The minimum absolute atomic E-state index is 0.106. The van der Waals surface area contributed by atoms with E-state index < -0.39 is 0 Å². The molecular formula is C21H28N4OS. The Labute approximate surface area is 164 Å². The summed E-state index contributed by atoms with van der Waals surface area (Å²) in [5.41, 5.74) is 0.976. The van der Waals surface area contributed by atoms with Crippen molar-refractivity contribution >= 4 is 17.2 Å². The molecule has 0 unspecified atom stereocenters. The molecule has 1 atom stereocenters. The van der Waals surface area contributed by atoms with E-state index in [0.29, 0.717) is 5.91 Å². The fourth-order valence-corrected chi connectivity index (χ4v) is 6.03. The fraction of sp³-hybridized carbons (Fsp3) is 0.619. The van der Waals surface area contributed by atoms with Crippen molar-refractivity contribution in [1.29, 1.82) is 0 Å². The zero-order chi connectivity index (χ0) is 18.3. The SMILES string of the molecule is O=C1N(CC2CCC2)CCC[C@]12CCN(Cc1ccc(-c3ccn[nH]3)s1)C2. The number of H-pyrrole nitrogens is 1. The Morgan fingerprint density at radius 1 is 1.19 bits per heavy atom. The van der Waals surface area contributed by atoms with Gasteiger partial charge in [0, 0.05) is 37.3 Å². The largest absolute Gasteiger partial charge is 0.342 e. The molecule has 0 bridgehead atoms. The molecule has 4 heterocycles. The van der Waals surface area contributed by atoms with Crippen LogP contribution in [0.3, 0.4) is 0 Å². The summed E-state index contributed by atoms with van der Waals surface area (Å²) < 4.78 is 0. The van der Waals surface area contributed by atoms with Crippen LogP contribution in [0.4, 0.5) is 0 Å². The molecule has 1 amide bonds. The van der Waals surface area contributed by atoms with Gasteiger partial charge >= 0.3 is 0 Å². The van der Waals surface area contributed by atoms with Gasteiger partial charge in [-0.3, -0.25) is 14.8 Å². The number of nitrogens with one attached hydrogen (secondary N) is 1. The standard InChI is InChI=1S/C21H28N4OS/c26-20-21(8-2-11-25(20)13-16-3-1-4-16)9-12-24(15-21)14-17-5-6-19(27-17)18-7-10-22-23-18/h5-7,10,16H,1-4,8-9,11-15H2,(H,22,23)/t21-/m1/s1.